The first-order valence-corrected chi connectivity index (χ1v) is 9.65. The second kappa shape index (κ2) is 6.48. The number of halogens is 1. The highest BCUT2D eigenvalue weighted by Gasteiger charge is 2.37. The van der Waals surface area contributed by atoms with Gasteiger partial charge in [0.1, 0.15) is 17.0 Å². The summed E-state index contributed by atoms with van der Waals surface area (Å²) in [7, 11) is 0. The number of aromatic nitrogens is 7. The number of aromatic amines is 1. The maximum atomic E-state index is 12.6. The molecule has 4 heterocycles. The maximum absolute atomic E-state index is 12.6. The fourth-order valence-electron chi connectivity index (χ4n) is 3.45. The highest BCUT2D eigenvalue weighted by Crippen LogP contribution is 2.46. The molecule has 0 unspecified atom stereocenters. The molecule has 0 aliphatic heterocycles. The summed E-state index contributed by atoms with van der Waals surface area (Å²) in [6.45, 7) is 0. The normalized spacial score (nSPS) is 19.1. The largest absolute Gasteiger partial charge is 0.310 e. The average Bonchev–Trinajstić information content (AvgIpc) is 3.06. The van der Waals surface area contributed by atoms with Crippen molar-refractivity contribution in [2.24, 2.45) is 0 Å². The van der Waals surface area contributed by atoms with Gasteiger partial charge in [0.2, 0.25) is 0 Å². The van der Waals surface area contributed by atoms with Crippen molar-refractivity contribution in [2.45, 2.75) is 24.7 Å². The summed E-state index contributed by atoms with van der Waals surface area (Å²) < 4.78 is 2.66. The molecule has 1 fully saturated rings. The SMILES string of the molecule is O=c1[nH]c([C@@H]2CC[C@H]2c2ncccn2)nc2c1cnn2-c1cnccc1I. The van der Waals surface area contributed by atoms with E-state index in [0.717, 1.165) is 27.9 Å². The minimum absolute atomic E-state index is 0.0980. The molecule has 1 aliphatic carbocycles. The van der Waals surface area contributed by atoms with Crippen LogP contribution in [0.2, 0.25) is 0 Å². The monoisotopic (exact) mass is 471 g/mol. The fourth-order valence-corrected chi connectivity index (χ4v) is 3.98. The third-order valence-corrected chi connectivity index (χ3v) is 5.89. The van der Waals surface area contributed by atoms with Gasteiger partial charge in [0.05, 0.1) is 18.1 Å². The molecule has 1 N–H and O–H groups in total. The first-order chi connectivity index (χ1) is 13.2. The number of fused-ring (bicyclic) bond motifs is 1. The average molecular weight is 471 g/mol. The van der Waals surface area contributed by atoms with Crippen molar-refractivity contribution in [3.8, 4) is 5.69 Å². The third-order valence-electron chi connectivity index (χ3n) is 4.98. The predicted octanol–water partition coefficient (Wildman–Crippen LogP) is 2.56. The molecule has 1 aliphatic rings. The Morgan fingerprint density at radius 2 is 1.93 bits per heavy atom. The van der Waals surface area contributed by atoms with E-state index in [1.807, 2.05) is 6.07 Å². The number of pyridine rings is 1. The first-order valence-electron chi connectivity index (χ1n) is 8.57. The van der Waals surface area contributed by atoms with Gasteiger partial charge < -0.3 is 4.98 Å². The molecule has 0 saturated heterocycles. The van der Waals surface area contributed by atoms with E-state index in [4.69, 9.17) is 4.98 Å². The predicted molar refractivity (Wildman–Crippen MR) is 107 cm³/mol. The Bertz CT molecular complexity index is 1190. The quantitative estimate of drug-likeness (QED) is 0.461. The summed E-state index contributed by atoms with van der Waals surface area (Å²) in [6.07, 6.45) is 10.4. The minimum atomic E-state index is -0.181. The maximum Gasteiger partial charge on any atom is 0.262 e. The molecule has 2 atom stereocenters. The van der Waals surface area contributed by atoms with Crippen LogP contribution in [0.1, 0.15) is 36.3 Å². The molecule has 0 bridgehead atoms. The van der Waals surface area contributed by atoms with Gasteiger partial charge in [0.15, 0.2) is 5.65 Å². The molecule has 27 heavy (non-hydrogen) atoms. The molecule has 0 amide bonds. The highest BCUT2D eigenvalue weighted by atomic mass is 127. The fraction of sp³-hybridized carbons (Fsp3) is 0.222. The van der Waals surface area contributed by atoms with E-state index in [1.54, 1.807) is 41.7 Å². The molecule has 0 aromatic carbocycles. The lowest BCUT2D eigenvalue weighted by molar-refractivity contribution is 0.319. The van der Waals surface area contributed by atoms with Gasteiger partial charge in [-0.3, -0.25) is 9.78 Å². The summed E-state index contributed by atoms with van der Waals surface area (Å²) in [4.78, 5) is 33.2. The van der Waals surface area contributed by atoms with Crippen molar-refractivity contribution in [1.82, 2.24) is 34.7 Å². The van der Waals surface area contributed by atoms with Gasteiger partial charge in [-0.1, -0.05) is 0 Å². The molecule has 134 valence electrons. The van der Waals surface area contributed by atoms with Gasteiger partial charge in [-0.25, -0.2) is 19.6 Å². The zero-order valence-corrected chi connectivity index (χ0v) is 16.2. The van der Waals surface area contributed by atoms with Crippen LogP contribution in [0, 0.1) is 3.57 Å². The lowest BCUT2D eigenvalue weighted by atomic mass is 9.72. The van der Waals surface area contributed by atoms with E-state index in [-0.39, 0.29) is 17.4 Å². The smallest absolute Gasteiger partial charge is 0.262 e. The topological polar surface area (TPSA) is 102 Å². The van der Waals surface area contributed by atoms with Crippen LogP contribution in [-0.2, 0) is 0 Å². The molecule has 0 radical (unpaired) electrons. The van der Waals surface area contributed by atoms with E-state index >= 15 is 0 Å². The molecule has 9 heteroatoms. The molecule has 0 spiro atoms. The number of nitrogens with one attached hydrogen (secondary N) is 1. The van der Waals surface area contributed by atoms with Crippen LogP contribution in [0.3, 0.4) is 0 Å². The molecule has 4 aromatic rings. The molecule has 1 saturated carbocycles. The summed E-state index contributed by atoms with van der Waals surface area (Å²) >= 11 is 2.22. The van der Waals surface area contributed by atoms with Crippen LogP contribution in [0.15, 0.2) is 47.9 Å². The van der Waals surface area contributed by atoms with Crippen LogP contribution >= 0.6 is 22.6 Å². The van der Waals surface area contributed by atoms with Crippen LogP contribution < -0.4 is 5.56 Å². The summed E-state index contributed by atoms with van der Waals surface area (Å²) in [5.41, 5.74) is 1.16. The molecular weight excluding hydrogens is 457 g/mol. The van der Waals surface area contributed by atoms with Gasteiger partial charge in [-0.05, 0) is 47.6 Å². The number of H-pyrrole nitrogens is 1. The number of hydrogen-bond acceptors (Lipinski definition) is 6. The van der Waals surface area contributed by atoms with E-state index in [9.17, 15) is 4.79 Å². The lowest BCUT2D eigenvalue weighted by Gasteiger charge is -2.34. The Hall–Kier alpha value is -2.69. The second-order valence-corrected chi connectivity index (χ2v) is 7.63. The Morgan fingerprint density at radius 3 is 2.67 bits per heavy atom. The number of hydrogen-bond donors (Lipinski definition) is 1. The molecular formula is C18H14IN7O. The first kappa shape index (κ1) is 16.5. The van der Waals surface area contributed by atoms with Crippen molar-refractivity contribution < 1.29 is 0 Å². The van der Waals surface area contributed by atoms with Crippen LogP contribution in [0.5, 0.6) is 0 Å². The van der Waals surface area contributed by atoms with Gasteiger partial charge in [0.25, 0.3) is 5.56 Å². The zero-order valence-electron chi connectivity index (χ0n) is 14.1. The Morgan fingerprint density at radius 1 is 1.11 bits per heavy atom. The van der Waals surface area contributed by atoms with Crippen molar-refractivity contribution in [3.05, 3.63) is 68.7 Å². The van der Waals surface area contributed by atoms with Crippen LogP contribution in [0.4, 0.5) is 0 Å². The molecule has 8 nitrogen and oxygen atoms in total. The van der Waals surface area contributed by atoms with E-state index in [1.165, 1.54) is 0 Å². The second-order valence-electron chi connectivity index (χ2n) is 6.47. The Kier molecular flexibility index (Phi) is 3.96. The van der Waals surface area contributed by atoms with Crippen LogP contribution in [0.25, 0.3) is 16.7 Å². The van der Waals surface area contributed by atoms with Gasteiger partial charge in [-0.15, -0.1) is 0 Å². The van der Waals surface area contributed by atoms with E-state index < -0.39 is 0 Å². The zero-order chi connectivity index (χ0) is 18.4. The number of rotatable bonds is 3. The van der Waals surface area contributed by atoms with Crippen LogP contribution in [-0.4, -0.2) is 34.7 Å². The third kappa shape index (κ3) is 2.73. The summed E-state index contributed by atoms with van der Waals surface area (Å²) in [5, 5.41) is 4.84. The Labute approximate surface area is 167 Å². The summed E-state index contributed by atoms with van der Waals surface area (Å²) in [6, 6.07) is 3.70. The van der Waals surface area contributed by atoms with Crippen molar-refractivity contribution in [3.63, 3.8) is 0 Å². The van der Waals surface area contributed by atoms with Crippen molar-refractivity contribution >= 4 is 33.6 Å². The van der Waals surface area contributed by atoms with Gasteiger partial charge in [0, 0.05) is 34.0 Å². The molecule has 4 aromatic heterocycles. The highest BCUT2D eigenvalue weighted by molar-refractivity contribution is 14.1. The van der Waals surface area contributed by atoms with Gasteiger partial charge in [-0.2, -0.15) is 5.10 Å². The van der Waals surface area contributed by atoms with Crippen molar-refractivity contribution in [2.75, 3.05) is 0 Å². The lowest BCUT2D eigenvalue weighted by Crippen LogP contribution is -2.27. The van der Waals surface area contributed by atoms with Gasteiger partial charge >= 0.3 is 0 Å². The molecule has 5 rings (SSSR count). The standard InChI is InChI=1S/C18H14IN7O/c19-13-4-7-20-9-14(13)26-17-12(8-23-26)18(27)25-16(24-17)11-3-2-10(11)15-21-5-1-6-22-15/h1,4-11H,2-3H2,(H,24,25,27)/t10-,11-/m1/s1. The van der Waals surface area contributed by atoms with Crippen molar-refractivity contribution in [1.29, 1.82) is 0 Å². The number of nitrogens with zero attached hydrogens (tertiary/aromatic N) is 6. The van der Waals surface area contributed by atoms with E-state index in [0.29, 0.717) is 16.9 Å². The van der Waals surface area contributed by atoms with E-state index in [2.05, 4.69) is 47.6 Å². The summed E-state index contributed by atoms with van der Waals surface area (Å²) in [5.74, 6) is 1.73. The Balaban J connectivity index is 1.62. The minimum Gasteiger partial charge on any atom is -0.310 e.